The molecule has 1 N–H and O–H groups in total. The SMILES string of the molecule is CNCCc1nc(-c2cc(F)ccc2OCc2ccccc2)cs1. The van der Waals surface area contributed by atoms with Gasteiger partial charge in [-0.15, -0.1) is 11.3 Å². The summed E-state index contributed by atoms with van der Waals surface area (Å²) in [6.45, 7) is 1.31. The van der Waals surface area contributed by atoms with E-state index in [-0.39, 0.29) is 5.82 Å². The summed E-state index contributed by atoms with van der Waals surface area (Å²) >= 11 is 1.58. The van der Waals surface area contributed by atoms with Crippen LogP contribution in [0.3, 0.4) is 0 Å². The summed E-state index contributed by atoms with van der Waals surface area (Å²) in [6, 6.07) is 14.5. The number of benzene rings is 2. The number of likely N-dealkylation sites (N-methyl/N-ethyl adjacent to an activating group) is 1. The second kappa shape index (κ2) is 8.04. The summed E-state index contributed by atoms with van der Waals surface area (Å²) in [5.41, 5.74) is 2.52. The highest BCUT2D eigenvalue weighted by Gasteiger charge is 2.12. The fourth-order valence-corrected chi connectivity index (χ4v) is 3.14. The summed E-state index contributed by atoms with van der Waals surface area (Å²) in [4.78, 5) is 4.61. The van der Waals surface area contributed by atoms with Crippen molar-refractivity contribution in [3.63, 3.8) is 0 Å². The Balaban J connectivity index is 1.81. The first-order valence-corrected chi connectivity index (χ1v) is 8.70. The van der Waals surface area contributed by atoms with Crippen molar-refractivity contribution in [2.24, 2.45) is 0 Å². The lowest BCUT2D eigenvalue weighted by molar-refractivity contribution is 0.307. The minimum absolute atomic E-state index is 0.290. The van der Waals surface area contributed by atoms with Crippen molar-refractivity contribution in [3.05, 3.63) is 70.3 Å². The van der Waals surface area contributed by atoms with Crippen molar-refractivity contribution in [1.29, 1.82) is 0 Å². The highest BCUT2D eigenvalue weighted by atomic mass is 32.1. The Hall–Kier alpha value is -2.24. The summed E-state index contributed by atoms with van der Waals surface area (Å²) in [7, 11) is 1.91. The van der Waals surface area contributed by atoms with Crippen LogP contribution in [0.15, 0.2) is 53.9 Å². The van der Waals surface area contributed by atoms with E-state index in [2.05, 4.69) is 10.3 Å². The predicted molar refractivity (Wildman–Crippen MR) is 95.9 cm³/mol. The predicted octanol–water partition coefficient (Wildman–Crippen LogP) is 4.29. The van der Waals surface area contributed by atoms with Gasteiger partial charge in [0, 0.05) is 23.9 Å². The van der Waals surface area contributed by atoms with Crippen LogP contribution in [0.2, 0.25) is 0 Å². The second-order valence-electron chi connectivity index (χ2n) is 5.39. The molecule has 2 aromatic carbocycles. The van der Waals surface area contributed by atoms with Crippen molar-refractivity contribution in [2.45, 2.75) is 13.0 Å². The number of aromatic nitrogens is 1. The third-order valence-electron chi connectivity index (χ3n) is 3.60. The van der Waals surface area contributed by atoms with Gasteiger partial charge < -0.3 is 10.1 Å². The lowest BCUT2D eigenvalue weighted by atomic mass is 10.1. The molecular formula is C19H19FN2OS. The molecule has 0 bridgehead atoms. The summed E-state index contributed by atoms with van der Waals surface area (Å²) in [6.07, 6.45) is 0.858. The second-order valence-corrected chi connectivity index (χ2v) is 6.34. The van der Waals surface area contributed by atoms with Gasteiger partial charge in [0.2, 0.25) is 0 Å². The average molecular weight is 342 g/mol. The van der Waals surface area contributed by atoms with Crippen molar-refractivity contribution in [1.82, 2.24) is 10.3 Å². The Bertz CT molecular complexity index is 789. The summed E-state index contributed by atoms with van der Waals surface area (Å²) in [5.74, 6) is 0.354. The largest absolute Gasteiger partial charge is 0.488 e. The fraction of sp³-hybridized carbons (Fsp3) is 0.211. The number of nitrogens with one attached hydrogen (secondary N) is 1. The van der Waals surface area contributed by atoms with Gasteiger partial charge in [0.15, 0.2) is 0 Å². The van der Waals surface area contributed by atoms with Gasteiger partial charge in [-0.3, -0.25) is 0 Å². The van der Waals surface area contributed by atoms with Gasteiger partial charge >= 0.3 is 0 Å². The van der Waals surface area contributed by atoms with E-state index >= 15 is 0 Å². The molecule has 0 aliphatic carbocycles. The molecule has 0 radical (unpaired) electrons. The number of rotatable bonds is 7. The van der Waals surface area contributed by atoms with E-state index in [1.54, 1.807) is 17.4 Å². The molecule has 24 heavy (non-hydrogen) atoms. The molecule has 0 saturated heterocycles. The maximum absolute atomic E-state index is 13.7. The minimum Gasteiger partial charge on any atom is -0.488 e. The molecule has 0 amide bonds. The number of nitrogens with zero attached hydrogens (tertiary/aromatic N) is 1. The molecule has 0 aliphatic rings. The fourth-order valence-electron chi connectivity index (χ4n) is 2.34. The molecule has 3 aromatic rings. The molecule has 0 atom stereocenters. The average Bonchev–Trinajstić information content (AvgIpc) is 3.08. The van der Waals surface area contributed by atoms with E-state index < -0.39 is 0 Å². The topological polar surface area (TPSA) is 34.2 Å². The van der Waals surface area contributed by atoms with E-state index in [4.69, 9.17) is 4.74 Å². The molecule has 1 aromatic heterocycles. The molecule has 0 saturated carbocycles. The Morgan fingerprint density at radius 1 is 1.17 bits per heavy atom. The van der Waals surface area contributed by atoms with Gasteiger partial charge in [-0.05, 0) is 30.8 Å². The Morgan fingerprint density at radius 2 is 2.00 bits per heavy atom. The number of hydrogen-bond donors (Lipinski definition) is 1. The lowest BCUT2D eigenvalue weighted by Crippen LogP contribution is -2.09. The van der Waals surface area contributed by atoms with Crippen LogP contribution in [-0.2, 0) is 13.0 Å². The van der Waals surface area contributed by atoms with Gasteiger partial charge in [0.25, 0.3) is 0 Å². The lowest BCUT2D eigenvalue weighted by Gasteiger charge is -2.10. The van der Waals surface area contributed by atoms with Gasteiger partial charge in [-0.2, -0.15) is 0 Å². The van der Waals surface area contributed by atoms with Crippen molar-refractivity contribution < 1.29 is 9.13 Å². The Labute approximate surface area is 145 Å². The van der Waals surface area contributed by atoms with E-state index in [0.717, 1.165) is 29.2 Å². The van der Waals surface area contributed by atoms with Crippen molar-refractivity contribution in [3.8, 4) is 17.0 Å². The van der Waals surface area contributed by atoms with E-state index in [1.165, 1.54) is 12.1 Å². The van der Waals surface area contributed by atoms with Crippen LogP contribution in [0, 0.1) is 5.82 Å². The number of thiazole rings is 1. The maximum Gasteiger partial charge on any atom is 0.129 e. The van der Waals surface area contributed by atoms with Gasteiger partial charge in [-0.1, -0.05) is 30.3 Å². The first-order chi connectivity index (χ1) is 11.8. The molecule has 1 heterocycles. The van der Waals surface area contributed by atoms with E-state index in [9.17, 15) is 4.39 Å². The van der Waals surface area contributed by atoms with Gasteiger partial charge in [-0.25, -0.2) is 9.37 Å². The molecule has 3 nitrogen and oxygen atoms in total. The zero-order valence-corrected chi connectivity index (χ0v) is 14.3. The highest BCUT2D eigenvalue weighted by molar-refractivity contribution is 7.09. The van der Waals surface area contributed by atoms with Crippen LogP contribution in [0.5, 0.6) is 5.75 Å². The molecule has 3 rings (SSSR count). The van der Waals surface area contributed by atoms with Crippen LogP contribution in [-0.4, -0.2) is 18.6 Å². The zero-order chi connectivity index (χ0) is 16.8. The standard InChI is InChI=1S/C19H19FN2OS/c1-21-10-9-19-22-17(13-24-19)16-11-15(20)7-8-18(16)23-12-14-5-3-2-4-6-14/h2-8,11,13,21H,9-10,12H2,1H3. The Kier molecular flexibility index (Phi) is 5.56. The first-order valence-electron chi connectivity index (χ1n) is 7.82. The molecule has 0 unspecified atom stereocenters. The number of ether oxygens (including phenoxy) is 1. The number of hydrogen-bond acceptors (Lipinski definition) is 4. The van der Waals surface area contributed by atoms with E-state index in [0.29, 0.717) is 17.9 Å². The van der Waals surface area contributed by atoms with Gasteiger partial charge in [0.1, 0.15) is 18.2 Å². The summed E-state index contributed by atoms with van der Waals surface area (Å²) in [5, 5.41) is 6.09. The van der Waals surface area contributed by atoms with Crippen molar-refractivity contribution >= 4 is 11.3 Å². The van der Waals surface area contributed by atoms with Crippen LogP contribution in [0.25, 0.3) is 11.3 Å². The van der Waals surface area contributed by atoms with Crippen LogP contribution >= 0.6 is 11.3 Å². The third kappa shape index (κ3) is 4.19. The highest BCUT2D eigenvalue weighted by Crippen LogP contribution is 2.32. The van der Waals surface area contributed by atoms with Crippen LogP contribution in [0.4, 0.5) is 4.39 Å². The molecular weight excluding hydrogens is 323 g/mol. The minimum atomic E-state index is -0.290. The first kappa shape index (κ1) is 16.6. The van der Waals surface area contributed by atoms with Gasteiger partial charge in [0.05, 0.1) is 10.7 Å². The number of halogens is 1. The van der Waals surface area contributed by atoms with Crippen LogP contribution < -0.4 is 10.1 Å². The Morgan fingerprint density at radius 3 is 2.79 bits per heavy atom. The monoisotopic (exact) mass is 342 g/mol. The molecule has 0 aliphatic heterocycles. The quantitative estimate of drug-likeness (QED) is 0.695. The summed E-state index contributed by atoms with van der Waals surface area (Å²) < 4.78 is 19.6. The molecule has 0 fully saturated rings. The third-order valence-corrected chi connectivity index (χ3v) is 4.50. The molecule has 5 heteroatoms. The zero-order valence-electron chi connectivity index (χ0n) is 13.5. The van der Waals surface area contributed by atoms with Crippen molar-refractivity contribution in [2.75, 3.05) is 13.6 Å². The molecule has 0 spiro atoms. The smallest absolute Gasteiger partial charge is 0.129 e. The van der Waals surface area contributed by atoms with Crippen LogP contribution in [0.1, 0.15) is 10.6 Å². The molecule has 124 valence electrons. The maximum atomic E-state index is 13.7. The normalized spacial score (nSPS) is 10.8. The van der Waals surface area contributed by atoms with E-state index in [1.807, 2.05) is 42.8 Å².